The summed E-state index contributed by atoms with van der Waals surface area (Å²) < 4.78 is 8.56. The predicted octanol–water partition coefficient (Wildman–Crippen LogP) is 1.41. The summed E-state index contributed by atoms with van der Waals surface area (Å²) in [7, 11) is 1.94. The zero-order valence-electron chi connectivity index (χ0n) is 8.73. The van der Waals surface area contributed by atoms with Crippen molar-refractivity contribution in [1.82, 2.24) is 4.57 Å². The zero-order chi connectivity index (χ0) is 10.8. The minimum atomic E-state index is 0.674. The summed E-state index contributed by atoms with van der Waals surface area (Å²) in [5.41, 5.74) is 1.09. The van der Waals surface area contributed by atoms with Crippen LogP contribution in [0.25, 0.3) is 10.2 Å². The molecule has 1 aromatic carbocycles. The predicted molar refractivity (Wildman–Crippen MR) is 61.7 cm³/mol. The first-order valence-electron chi connectivity index (χ1n) is 4.72. The highest BCUT2D eigenvalue weighted by atomic mass is 32.1. The van der Waals surface area contributed by atoms with Crippen LogP contribution in [0.5, 0.6) is 5.75 Å². The molecule has 0 saturated heterocycles. The normalized spacial score (nSPS) is 12.3. The van der Waals surface area contributed by atoms with Gasteiger partial charge in [0.2, 0.25) is 4.80 Å². The average Bonchev–Trinajstić information content (AvgIpc) is 2.56. The minimum Gasteiger partial charge on any atom is -0.494 e. The van der Waals surface area contributed by atoms with Crippen LogP contribution >= 0.6 is 11.3 Å². The van der Waals surface area contributed by atoms with Crippen LogP contribution in [0.2, 0.25) is 0 Å². The molecule has 0 aliphatic carbocycles. The van der Waals surface area contributed by atoms with E-state index in [4.69, 9.17) is 10.6 Å². The molecular formula is C10H13N3OS. The number of benzene rings is 1. The standard InChI is InChI=1S/C10H13N3OS/c1-3-14-7-4-5-9-8(6-7)13(2)10(12-11)15-9/h4-6H,3,11H2,1-2H3/b12-10+. The first-order valence-corrected chi connectivity index (χ1v) is 5.54. The third-order valence-corrected chi connectivity index (χ3v) is 3.33. The summed E-state index contributed by atoms with van der Waals surface area (Å²) in [4.78, 5) is 0.804. The number of thiazole rings is 1. The molecule has 0 fully saturated rings. The van der Waals surface area contributed by atoms with E-state index in [0.29, 0.717) is 6.61 Å². The Kier molecular flexibility index (Phi) is 2.64. The molecule has 2 aromatic rings. The number of rotatable bonds is 2. The number of fused-ring (bicyclic) bond motifs is 1. The Morgan fingerprint density at radius 1 is 1.53 bits per heavy atom. The lowest BCUT2D eigenvalue weighted by atomic mass is 10.3. The van der Waals surface area contributed by atoms with E-state index in [9.17, 15) is 0 Å². The third kappa shape index (κ3) is 1.70. The zero-order valence-corrected chi connectivity index (χ0v) is 9.54. The molecule has 1 aromatic heterocycles. The number of hydrogen-bond acceptors (Lipinski definition) is 4. The fraction of sp³-hybridized carbons (Fsp3) is 0.300. The quantitative estimate of drug-likeness (QED) is 0.618. The maximum absolute atomic E-state index is 5.44. The molecule has 1 heterocycles. The molecule has 80 valence electrons. The molecule has 0 bridgehead atoms. The topological polar surface area (TPSA) is 52.5 Å². The molecule has 0 radical (unpaired) electrons. The Morgan fingerprint density at radius 3 is 3.00 bits per heavy atom. The van der Waals surface area contributed by atoms with E-state index in [0.717, 1.165) is 20.8 Å². The van der Waals surface area contributed by atoms with E-state index in [1.165, 1.54) is 0 Å². The van der Waals surface area contributed by atoms with Gasteiger partial charge in [-0.15, -0.1) is 0 Å². The molecular weight excluding hydrogens is 210 g/mol. The lowest BCUT2D eigenvalue weighted by molar-refractivity contribution is 0.340. The molecule has 2 rings (SSSR count). The highest BCUT2D eigenvalue weighted by Gasteiger charge is 2.03. The lowest BCUT2D eigenvalue weighted by Crippen LogP contribution is -2.12. The van der Waals surface area contributed by atoms with Crippen LogP contribution in [-0.4, -0.2) is 11.2 Å². The molecule has 0 amide bonds. The van der Waals surface area contributed by atoms with Gasteiger partial charge in [-0.05, 0) is 19.1 Å². The van der Waals surface area contributed by atoms with Crippen molar-refractivity contribution in [2.45, 2.75) is 6.92 Å². The molecule has 0 saturated carbocycles. The van der Waals surface area contributed by atoms with Crippen molar-refractivity contribution in [1.29, 1.82) is 0 Å². The Balaban J connectivity index is 2.65. The van der Waals surface area contributed by atoms with Crippen LogP contribution in [-0.2, 0) is 7.05 Å². The highest BCUT2D eigenvalue weighted by Crippen LogP contribution is 2.22. The minimum absolute atomic E-state index is 0.674. The van der Waals surface area contributed by atoms with Gasteiger partial charge in [-0.2, -0.15) is 5.10 Å². The summed E-state index contributed by atoms with van der Waals surface area (Å²) >= 11 is 1.57. The van der Waals surface area contributed by atoms with E-state index < -0.39 is 0 Å². The van der Waals surface area contributed by atoms with Crippen molar-refractivity contribution in [3.05, 3.63) is 23.0 Å². The maximum Gasteiger partial charge on any atom is 0.208 e. The van der Waals surface area contributed by atoms with Crippen LogP contribution in [0.4, 0.5) is 0 Å². The maximum atomic E-state index is 5.44. The van der Waals surface area contributed by atoms with Crippen LogP contribution in [0.1, 0.15) is 6.92 Å². The van der Waals surface area contributed by atoms with Crippen molar-refractivity contribution in [3.8, 4) is 5.75 Å². The average molecular weight is 223 g/mol. The SMILES string of the molecule is CCOc1ccc2s/c(=N/N)n(C)c2c1. The fourth-order valence-electron chi connectivity index (χ4n) is 1.48. The molecule has 0 unspecified atom stereocenters. The Bertz CT molecular complexity index is 541. The number of ether oxygens (including phenoxy) is 1. The van der Waals surface area contributed by atoms with E-state index in [2.05, 4.69) is 5.10 Å². The number of nitrogens with zero attached hydrogens (tertiary/aromatic N) is 2. The van der Waals surface area contributed by atoms with Gasteiger partial charge in [-0.1, -0.05) is 11.3 Å². The fourth-order valence-corrected chi connectivity index (χ4v) is 2.41. The van der Waals surface area contributed by atoms with Gasteiger partial charge in [0, 0.05) is 13.1 Å². The van der Waals surface area contributed by atoms with Crippen LogP contribution in [0, 0.1) is 0 Å². The van der Waals surface area contributed by atoms with Crippen LogP contribution in [0.3, 0.4) is 0 Å². The van der Waals surface area contributed by atoms with E-state index in [1.807, 2.05) is 36.7 Å². The van der Waals surface area contributed by atoms with E-state index in [1.54, 1.807) is 11.3 Å². The van der Waals surface area contributed by atoms with Gasteiger partial charge >= 0.3 is 0 Å². The summed E-state index contributed by atoms with van der Waals surface area (Å²) in [6.07, 6.45) is 0. The van der Waals surface area contributed by atoms with Gasteiger partial charge in [0.25, 0.3) is 0 Å². The molecule has 0 aliphatic rings. The smallest absolute Gasteiger partial charge is 0.208 e. The van der Waals surface area contributed by atoms with Gasteiger partial charge in [-0.25, -0.2) is 0 Å². The second kappa shape index (κ2) is 3.94. The summed E-state index contributed by atoms with van der Waals surface area (Å²) in [6.45, 7) is 2.64. The highest BCUT2D eigenvalue weighted by molar-refractivity contribution is 7.16. The van der Waals surface area contributed by atoms with Crippen molar-refractivity contribution >= 4 is 21.6 Å². The molecule has 2 N–H and O–H groups in total. The molecule has 15 heavy (non-hydrogen) atoms. The summed E-state index contributed by atoms with van der Waals surface area (Å²) in [6, 6.07) is 5.99. The van der Waals surface area contributed by atoms with E-state index in [-0.39, 0.29) is 0 Å². The van der Waals surface area contributed by atoms with Crippen LogP contribution < -0.4 is 15.4 Å². The van der Waals surface area contributed by atoms with Crippen molar-refractivity contribution in [2.24, 2.45) is 18.0 Å². The Morgan fingerprint density at radius 2 is 2.33 bits per heavy atom. The number of aromatic nitrogens is 1. The van der Waals surface area contributed by atoms with Crippen LogP contribution in [0.15, 0.2) is 23.3 Å². The van der Waals surface area contributed by atoms with Crippen molar-refractivity contribution < 1.29 is 4.74 Å². The second-order valence-corrected chi connectivity index (χ2v) is 4.14. The molecule has 5 heteroatoms. The number of hydrogen-bond donors (Lipinski definition) is 1. The Labute approximate surface area is 91.6 Å². The second-order valence-electron chi connectivity index (χ2n) is 3.14. The summed E-state index contributed by atoms with van der Waals surface area (Å²) in [5, 5.41) is 3.72. The van der Waals surface area contributed by atoms with Gasteiger partial charge in [0.1, 0.15) is 5.75 Å². The summed E-state index contributed by atoms with van der Waals surface area (Å²) in [5.74, 6) is 6.17. The van der Waals surface area contributed by atoms with Gasteiger partial charge in [-0.3, -0.25) is 0 Å². The first-order chi connectivity index (χ1) is 7.26. The number of nitrogens with two attached hydrogens (primary N) is 1. The molecule has 0 atom stereocenters. The Hall–Kier alpha value is -1.49. The molecule has 0 aliphatic heterocycles. The van der Waals surface area contributed by atoms with Crippen molar-refractivity contribution in [3.63, 3.8) is 0 Å². The molecule has 4 nitrogen and oxygen atoms in total. The number of aryl methyl sites for hydroxylation is 1. The van der Waals surface area contributed by atoms with Crippen molar-refractivity contribution in [2.75, 3.05) is 6.61 Å². The largest absolute Gasteiger partial charge is 0.494 e. The monoisotopic (exact) mass is 223 g/mol. The third-order valence-electron chi connectivity index (χ3n) is 2.20. The van der Waals surface area contributed by atoms with Gasteiger partial charge < -0.3 is 15.1 Å². The van der Waals surface area contributed by atoms with Gasteiger partial charge in [0.05, 0.1) is 16.8 Å². The van der Waals surface area contributed by atoms with Gasteiger partial charge in [0.15, 0.2) is 0 Å². The molecule has 0 spiro atoms. The van der Waals surface area contributed by atoms with E-state index >= 15 is 0 Å². The lowest BCUT2D eigenvalue weighted by Gasteiger charge is -2.02. The first kappa shape index (κ1) is 10.0.